The quantitative estimate of drug-likeness (QED) is 0.502. The number of anilines is 1. The van der Waals surface area contributed by atoms with Gasteiger partial charge in [-0.15, -0.1) is 0 Å². The van der Waals surface area contributed by atoms with Crippen LogP contribution in [0.25, 0.3) is 16.6 Å². The third kappa shape index (κ3) is 3.26. The maximum Gasteiger partial charge on any atom is 0.335 e. The van der Waals surface area contributed by atoms with Crippen molar-refractivity contribution < 1.29 is 19.4 Å². The molecule has 0 unspecified atom stereocenters. The zero-order chi connectivity index (χ0) is 21.4. The third-order valence-electron chi connectivity index (χ3n) is 5.08. The number of aromatic carboxylic acids is 1. The number of aromatic nitrogens is 3. The van der Waals surface area contributed by atoms with E-state index in [4.69, 9.17) is 14.5 Å². The second kappa shape index (κ2) is 7.55. The molecule has 0 spiro atoms. The number of aryl methyl sites for hydroxylation is 2. The molecule has 0 fully saturated rings. The smallest absolute Gasteiger partial charge is 0.335 e. The van der Waals surface area contributed by atoms with Gasteiger partial charge in [0.15, 0.2) is 5.82 Å². The van der Waals surface area contributed by atoms with Crippen molar-refractivity contribution in [1.82, 2.24) is 14.4 Å². The lowest BCUT2D eigenvalue weighted by Crippen LogP contribution is -2.07. The highest BCUT2D eigenvalue weighted by Crippen LogP contribution is 2.29. The van der Waals surface area contributed by atoms with Crippen LogP contribution in [0.2, 0.25) is 0 Å². The van der Waals surface area contributed by atoms with Crippen molar-refractivity contribution >= 4 is 28.3 Å². The molecule has 4 rings (SSSR count). The molecule has 0 radical (unpaired) electrons. The molecular formula is C22H22N4O4. The Balaban J connectivity index is 1.81. The lowest BCUT2D eigenvalue weighted by Gasteiger charge is -2.14. The number of hydrogen-bond acceptors (Lipinski definition) is 6. The first-order valence-electron chi connectivity index (χ1n) is 9.40. The van der Waals surface area contributed by atoms with Crippen LogP contribution in [-0.4, -0.2) is 39.7 Å². The SMILES string of the molecule is COc1ccc(CNc2nc3ccc(C(=O)O)cc3n3c(C)nc(C)c23)c(OC)c1. The van der Waals surface area contributed by atoms with Crippen molar-refractivity contribution in [2.75, 3.05) is 19.5 Å². The predicted molar refractivity (Wildman–Crippen MR) is 114 cm³/mol. The summed E-state index contributed by atoms with van der Waals surface area (Å²) < 4.78 is 12.7. The van der Waals surface area contributed by atoms with Crippen LogP contribution >= 0.6 is 0 Å². The van der Waals surface area contributed by atoms with Gasteiger partial charge in [-0.25, -0.2) is 14.8 Å². The first-order valence-corrected chi connectivity index (χ1v) is 9.40. The van der Waals surface area contributed by atoms with Gasteiger partial charge in [-0.3, -0.25) is 4.40 Å². The maximum absolute atomic E-state index is 11.4. The van der Waals surface area contributed by atoms with Crippen molar-refractivity contribution in [3.05, 3.63) is 59.0 Å². The minimum Gasteiger partial charge on any atom is -0.497 e. The molecule has 8 nitrogen and oxygen atoms in total. The number of carbonyl (C=O) groups is 1. The fourth-order valence-corrected chi connectivity index (χ4v) is 3.64. The Morgan fingerprint density at radius 3 is 2.60 bits per heavy atom. The van der Waals surface area contributed by atoms with Gasteiger partial charge in [-0.1, -0.05) is 0 Å². The van der Waals surface area contributed by atoms with Gasteiger partial charge in [0.05, 0.1) is 36.5 Å². The molecule has 2 heterocycles. The van der Waals surface area contributed by atoms with Crippen LogP contribution in [0.3, 0.4) is 0 Å². The number of rotatable bonds is 6. The molecule has 0 atom stereocenters. The van der Waals surface area contributed by atoms with Crippen molar-refractivity contribution in [3.63, 3.8) is 0 Å². The van der Waals surface area contributed by atoms with Crippen molar-refractivity contribution in [1.29, 1.82) is 0 Å². The Morgan fingerprint density at radius 2 is 1.90 bits per heavy atom. The Bertz CT molecular complexity index is 1280. The summed E-state index contributed by atoms with van der Waals surface area (Å²) in [7, 11) is 3.23. The number of hydrogen-bond donors (Lipinski definition) is 2. The zero-order valence-corrected chi connectivity index (χ0v) is 17.2. The Hall–Kier alpha value is -3.81. The summed E-state index contributed by atoms with van der Waals surface area (Å²) in [6.07, 6.45) is 0. The topological polar surface area (TPSA) is 98.0 Å². The summed E-state index contributed by atoms with van der Waals surface area (Å²) in [5.74, 6) is 1.89. The molecular weight excluding hydrogens is 384 g/mol. The highest BCUT2D eigenvalue weighted by molar-refractivity contribution is 5.94. The van der Waals surface area contributed by atoms with Gasteiger partial charge >= 0.3 is 5.97 Å². The van der Waals surface area contributed by atoms with Crippen LogP contribution in [0, 0.1) is 13.8 Å². The summed E-state index contributed by atoms with van der Waals surface area (Å²) in [5.41, 5.74) is 4.17. The molecule has 30 heavy (non-hydrogen) atoms. The van der Waals surface area contributed by atoms with Gasteiger partial charge in [-0.2, -0.15) is 0 Å². The molecule has 2 aromatic carbocycles. The first kappa shape index (κ1) is 19.5. The van der Waals surface area contributed by atoms with Gasteiger partial charge < -0.3 is 19.9 Å². The number of methoxy groups -OCH3 is 2. The second-order valence-corrected chi connectivity index (χ2v) is 6.93. The fraction of sp³-hybridized carbons (Fsp3) is 0.227. The monoisotopic (exact) mass is 406 g/mol. The number of carboxylic acids is 1. The molecule has 0 bridgehead atoms. The van der Waals surface area contributed by atoms with E-state index in [9.17, 15) is 9.90 Å². The van der Waals surface area contributed by atoms with Crippen molar-refractivity contribution in [3.8, 4) is 11.5 Å². The Kier molecular flexibility index (Phi) is 4.91. The average molecular weight is 406 g/mol. The van der Waals surface area contributed by atoms with Crippen LogP contribution in [0.1, 0.15) is 27.4 Å². The fourth-order valence-electron chi connectivity index (χ4n) is 3.64. The molecule has 8 heteroatoms. The molecule has 4 aromatic rings. The standard InChI is InChI=1S/C22H22N4O4/c1-12-20-21(23-11-15-5-7-16(29-3)10-19(15)30-4)25-17-8-6-14(22(27)28)9-18(17)26(20)13(2)24-12/h5-10H,11H2,1-4H3,(H,23,25)(H,27,28). The van der Waals surface area contributed by atoms with E-state index in [-0.39, 0.29) is 5.56 Å². The second-order valence-electron chi connectivity index (χ2n) is 6.93. The van der Waals surface area contributed by atoms with Gasteiger partial charge in [0.25, 0.3) is 0 Å². The summed E-state index contributed by atoms with van der Waals surface area (Å²) in [4.78, 5) is 20.8. The molecule has 0 aliphatic rings. The first-order chi connectivity index (χ1) is 14.4. The molecule has 0 aliphatic carbocycles. The van der Waals surface area contributed by atoms with Crippen LogP contribution in [0.4, 0.5) is 5.82 Å². The Morgan fingerprint density at radius 1 is 1.10 bits per heavy atom. The summed E-state index contributed by atoms with van der Waals surface area (Å²) in [5, 5.41) is 12.8. The van der Waals surface area contributed by atoms with E-state index in [1.807, 2.05) is 36.4 Å². The van der Waals surface area contributed by atoms with Gasteiger partial charge in [0.1, 0.15) is 22.8 Å². The highest BCUT2D eigenvalue weighted by atomic mass is 16.5. The molecule has 0 saturated heterocycles. The van der Waals surface area contributed by atoms with E-state index >= 15 is 0 Å². The van der Waals surface area contributed by atoms with Crippen molar-refractivity contribution in [2.45, 2.75) is 20.4 Å². The number of benzene rings is 2. The molecule has 2 aromatic heterocycles. The molecule has 0 saturated carbocycles. The summed E-state index contributed by atoms with van der Waals surface area (Å²) >= 11 is 0. The highest BCUT2D eigenvalue weighted by Gasteiger charge is 2.17. The number of nitrogens with one attached hydrogen (secondary N) is 1. The molecule has 154 valence electrons. The van der Waals surface area contributed by atoms with E-state index in [1.54, 1.807) is 32.4 Å². The number of nitrogens with zero attached hydrogens (tertiary/aromatic N) is 3. The normalized spacial score (nSPS) is 11.1. The minimum absolute atomic E-state index is 0.208. The lowest BCUT2D eigenvalue weighted by atomic mass is 10.1. The molecule has 2 N–H and O–H groups in total. The average Bonchev–Trinajstić information content (AvgIpc) is 3.05. The largest absolute Gasteiger partial charge is 0.497 e. The Labute approximate surface area is 173 Å². The predicted octanol–water partition coefficient (Wildman–Crippen LogP) is 3.83. The third-order valence-corrected chi connectivity index (χ3v) is 5.08. The lowest BCUT2D eigenvalue weighted by molar-refractivity contribution is 0.0697. The van der Waals surface area contributed by atoms with E-state index < -0.39 is 5.97 Å². The van der Waals surface area contributed by atoms with Crippen molar-refractivity contribution in [2.24, 2.45) is 0 Å². The van der Waals surface area contributed by atoms with E-state index in [2.05, 4.69) is 10.3 Å². The van der Waals surface area contributed by atoms with Crippen LogP contribution in [-0.2, 0) is 6.54 Å². The van der Waals surface area contributed by atoms with Gasteiger partial charge in [0, 0.05) is 18.2 Å². The van der Waals surface area contributed by atoms with E-state index in [0.29, 0.717) is 29.1 Å². The number of ether oxygens (including phenoxy) is 2. The maximum atomic E-state index is 11.4. The summed E-state index contributed by atoms with van der Waals surface area (Å²) in [6.45, 7) is 4.29. The van der Waals surface area contributed by atoms with Crippen LogP contribution < -0.4 is 14.8 Å². The van der Waals surface area contributed by atoms with Gasteiger partial charge in [0.2, 0.25) is 0 Å². The molecule has 0 amide bonds. The number of fused-ring (bicyclic) bond motifs is 3. The number of imidazole rings is 1. The van der Waals surface area contributed by atoms with Gasteiger partial charge in [-0.05, 0) is 44.2 Å². The van der Waals surface area contributed by atoms with Crippen LogP contribution in [0.15, 0.2) is 36.4 Å². The zero-order valence-electron chi connectivity index (χ0n) is 17.2. The van der Waals surface area contributed by atoms with Crippen LogP contribution in [0.5, 0.6) is 11.5 Å². The minimum atomic E-state index is -0.978. The molecule has 0 aliphatic heterocycles. The van der Waals surface area contributed by atoms with E-state index in [0.717, 1.165) is 28.3 Å². The number of carboxylic acid groups (broad SMARTS) is 1. The van der Waals surface area contributed by atoms with E-state index in [1.165, 1.54) is 0 Å². The summed E-state index contributed by atoms with van der Waals surface area (Å²) in [6, 6.07) is 10.6.